The maximum absolute atomic E-state index is 11.2. The van der Waals surface area contributed by atoms with E-state index in [0.29, 0.717) is 5.69 Å². The lowest BCUT2D eigenvalue weighted by molar-refractivity contribution is 0.108. The Kier molecular flexibility index (Phi) is 7.25. The lowest BCUT2D eigenvalue weighted by atomic mass is 10.3. The predicted octanol–water partition coefficient (Wildman–Crippen LogP) is 1.61. The fourth-order valence-corrected chi connectivity index (χ4v) is 1.01. The number of nitrogens with zero attached hydrogens (tertiary/aromatic N) is 3. The highest BCUT2D eigenvalue weighted by Crippen LogP contribution is 2.13. The summed E-state index contributed by atoms with van der Waals surface area (Å²) in [6.07, 6.45) is 0. The summed E-state index contributed by atoms with van der Waals surface area (Å²) in [4.78, 5) is 11.2. The van der Waals surface area contributed by atoms with Gasteiger partial charge in [-0.3, -0.25) is 9.50 Å². The summed E-state index contributed by atoms with van der Waals surface area (Å²) >= 11 is 5.67. The Labute approximate surface area is 87.9 Å². The molecule has 0 amide bonds. The molecule has 0 aliphatic heterocycles. The summed E-state index contributed by atoms with van der Waals surface area (Å²) in [6.45, 7) is 1.64. The summed E-state index contributed by atoms with van der Waals surface area (Å²) in [5.41, 5.74) is -0.0323. The predicted molar refractivity (Wildman–Crippen MR) is 48.7 cm³/mol. The zero-order valence-electron chi connectivity index (χ0n) is 7.79. The van der Waals surface area contributed by atoms with Crippen molar-refractivity contribution in [1.82, 2.24) is 9.78 Å². The monoisotopic (exact) mass is 241 g/mol. The molecule has 0 aliphatic carbocycles. The first-order valence-corrected chi connectivity index (χ1v) is 3.73. The third-order valence-electron chi connectivity index (χ3n) is 1.46. The van der Waals surface area contributed by atoms with Gasteiger partial charge in [-0.15, -0.1) is 0 Å². The largest absolute Gasteiger partial charge is 0.285 e. The van der Waals surface area contributed by atoms with Crippen LogP contribution in [0.4, 0.5) is 13.9 Å². The van der Waals surface area contributed by atoms with Crippen LogP contribution in [-0.4, -0.2) is 9.78 Å². The minimum absolute atomic E-state index is 0. The first-order chi connectivity index (χ1) is 6.57. The zero-order chi connectivity index (χ0) is 11.3. The second kappa shape index (κ2) is 6.84. The third kappa shape index (κ3) is 3.25. The molecule has 0 atom stereocenters. The molecule has 0 unspecified atom stereocenters. The van der Waals surface area contributed by atoms with Crippen LogP contribution in [-0.2, 0) is 7.05 Å². The average molecular weight is 242 g/mol. The number of aryl methyl sites for hydroxylation is 2. The molecule has 0 spiro atoms. The van der Waals surface area contributed by atoms with Crippen LogP contribution < -0.4 is 5.56 Å². The number of aromatic nitrogens is 2. The normalized spacial score (nSPS) is 8.00. The molecule has 0 N–H and O–H groups in total. The van der Waals surface area contributed by atoms with Gasteiger partial charge < -0.3 is 0 Å². The third-order valence-corrected chi connectivity index (χ3v) is 1.92. The van der Waals surface area contributed by atoms with Crippen molar-refractivity contribution in [2.24, 2.45) is 7.05 Å². The Bertz CT molecular complexity index is 427. The Morgan fingerprint density at radius 2 is 2.00 bits per heavy atom. The van der Waals surface area contributed by atoms with Gasteiger partial charge in [-0.1, -0.05) is 11.6 Å². The summed E-state index contributed by atoms with van der Waals surface area (Å²) in [5, 5.41) is 12.5. The molecule has 0 fully saturated rings. The molecule has 0 radical (unpaired) electrons. The van der Waals surface area contributed by atoms with Crippen LogP contribution in [0.5, 0.6) is 0 Å². The summed E-state index contributed by atoms with van der Waals surface area (Å²) in [5.74, 6) is 0. The Balaban J connectivity index is 0. The van der Waals surface area contributed by atoms with Crippen molar-refractivity contribution < 1.29 is 13.9 Å². The van der Waals surface area contributed by atoms with Crippen LogP contribution in [0, 0.1) is 18.3 Å². The highest BCUT2D eigenvalue weighted by atomic mass is 35.5. The molecule has 84 valence electrons. The molecular weight excluding hydrogens is 235 g/mol. The zero-order valence-corrected chi connectivity index (χ0v) is 8.55. The first kappa shape index (κ1) is 15.9. The molecule has 0 saturated carbocycles. The van der Waals surface area contributed by atoms with Crippen molar-refractivity contribution in [3.05, 3.63) is 26.6 Å². The average Bonchev–Trinajstić information content (AvgIpc) is 2.19. The number of halogens is 4. The van der Waals surface area contributed by atoms with Gasteiger partial charge in [0, 0.05) is 16.2 Å². The summed E-state index contributed by atoms with van der Waals surface area (Å²) in [6, 6.07) is 1.74. The van der Waals surface area contributed by atoms with Crippen molar-refractivity contribution in [3.8, 4) is 6.07 Å². The molecule has 15 heavy (non-hydrogen) atoms. The molecule has 4 nitrogen and oxygen atoms in total. The van der Waals surface area contributed by atoms with E-state index >= 15 is 0 Å². The number of nitriles is 1. The van der Waals surface area contributed by atoms with Crippen molar-refractivity contribution >= 4 is 11.6 Å². The van der Waals surface area contributed by atoms with Gasteiger partial charge >= 0.3 is 0 Å². The van der Waals surface area contributed by atoms with Crippen molar-refractivity contribution in [2.75, 3.05) is 0 Å². The fourth-order valence-electron chi connectivity index (χ4n) is 0.848. The second-order valence-electron chi connectivity index (χ2n) is 2.31. The molecule has 1 rings (SSSR count). The summed E-state index contributed by atoms with van der Waals surface area (Å²) in [7, 11) is 1.48. The smallest absolute Gasteiger partial charge is 0.269 e. The topological polar surface area (TPSA) is 58.7 Å². The van der Waals surface area contributed by atoms with E-state index in [1.54, 1.807) is 13.0 Å². The molecular formula is C7H7ClF3N3O. The number of hydrogen-bond acceptors (Lipinski definition) is 3. The Morgan fingerprint density at radius 1 is 1.53 bits per heavy atom. The van der Waals surface area contributed by atoms with E-state index in [1.165, 1.54) is 7.05 Å². The van der Waals surface area contributed by atoms with Crippen molar-refractivity contribution in [1.29, 1.82) is 5.26 Å². The summed E-state index contributed by atoms with van der Waals surface area (Å²) < 4.78 is 17.1. The molecule has 0 aromatic carbocycles. The SMILES string of the molecule is Cc1nn(C)c(=O)c(C#N)c1Cl.F.FF. The van der Waals surface area contributed by atoms with E-state index in [0.717, 1.165) is 4.68 Å². The quantitative estimate of drug-likeness (QED) is 0.693. The maximum Gasteiger partial charge on any atom is 0.285 e. The van der Waals surface area contributed by atoms with Crippen LogP contribution in [0.2, 0.25) is 5.02 Å². The highest BCUT2D eigenvalue weighted by molar-refractivity contribution is 6.32. The molecule has 8 heteroatoms. The molecule has 0 bridgehead atoms. The van der Waals surface area contributed by atoms with Gasteiger partial charge in [-0.05, 0) is 6.92 Å². The minimum Gasteiger partial charge on any atom is -0.269 e. The standard InChI is InChI=1S/C7H6ClN3O.F2.FH/c1-4-6(8)5(3-9)7(12)11(2)10-4;1-2;/h1-2H3;;1H. The molecule has 1 aromatic rings. The van der Waals surface area contributed by atoms with E-state index in [1.807, 2.05) is 0 Å². The van der Waals surface area contributed by atoms with E-state index in [9.17, 15) is 4.79 Å². The van der Waals surface area contributed by atoms with Crippen LogP contribution in [0.15, 0.2) is 4.79 Å². The van der Waals surface area contributed by atoms with E-state index < -0.39 is 5.56 Å². The molecule has 0 aliphatic rings. The van der Waals surface area contributed by atoms with Gasteiger partial charge in [0.05, 0.1) is 10.7 Å². The molecule has 1 aromatic heterocycles. The lowest BCUT2D eigenvalue weighted by Crippen LogP contribution is -2.23. The van der Waals surface area contributed by atoms with Crippen LogP contribution >= 0.6 is 11.6 Å². The minimum atomic E-state index is -0.465. The second-order valence-corrected chi connectivity index (χ2v) is 2.69. The van der Waals surface area contributed by atoms with Crippen LogP contribution in [0.25, 0.3) is 0 Å². The molecule has 0 saturated heterocycles. The maximum atomic E-state index is 11.2. The number of rotatable bonds is 0. The van der Waals surface area contributed by atoms with Crippen molar-refractivity contribution in [3.63, 3.8) is 0 Å². The van der Waals surface area contributed by atoms with Gasteiger partial charge in [0.2, 0.25) is 0 Å². The van der Waals surface area contributed by atoms with E-state index in [4.69, 9.17) is 26.0 Å². The fraction of sp³-hybridized carbons (Fsp3) is 0.286. The van der Waals surface area contributed by atoms with Gasteiger partial charge in [-0.25, -0.2) is 4.68 Å². The number of hydrogen-bond donors (Lipinski definition) is 0. The highest BCUT2D eigenvalue weighted by Gasteiger charge is 2.10. The van der Waals surface area contributed by atoms with Gasteiger partial charge in [0.1, 0.15) is 11.6 Å². The van der Waals surface area contributed by atoms with Gasteiger partial charge in [0.15, 0.2) is 0 Å². The Hall–Kier alpha value is -1.55. The van der Waals surface area contributed by atoms with Crippen LogP contribution in [0.1, 0.15) is 11.3 Å². The Morgan fingerprint density at radius 3 is 2.40 bits per heavy atom. The van der Waals surface area contributed by atoms with E-state index in [-0.39, 0.29) is 15.3 Å². The lowest BCUT2D eigenvalue weighted by Gasteiger charge is -2.01. The van der Waals surface area contributed by atoms with Crippen molar-refractivity contribution in [2.45, 2.75) is 6.92 Å². The van der Waals surface area contributed by atoms with Gasteiger partial charge in [0.25, 0.3) is 5.56 Å². The molecule has 1 heterocycles. The van der Waals surface area contributed by atoms with Crippen LogP contribution in [0.3, 0.4) is 0 Å². The first-order valence-electron chi connectivity index (χ1n) is 3.35. The van der Waals surface area contributed by atoms with E-state index in [2.05, 4.69) is 5.10 Å². The van der Waals surface area contributed by atoms with Gasteiger partial charge in [-0.2, -0.15) is 10.4 Å².